The molecule has 0 aliphatic rings. The fraction of sp³-hybridized carbons (Fsp3) is 0. The first-order chi connectivity index (χ1) is 25.8. The van der Waals surface area contributed by atoms with Gasteiger partial charge in [0, 0.05) is 16.5 Å². The molecule has 0 N–H and O–H groups in total. The predicted octanol–water partition coefficient (Wildman–Crippen LogP) is 13.5. The first-order valence-electron chi connectivity index (χ1n) is 17.8. The molecule has 0 aliphatic carbocycles. The molecular weight excluding hydrogens is 629 g/mol. The third-order valence-electron chi connectivity index (χ3n) is 10.8. The molecule has 10 aromatic carbocycles. The average Bonchev–Trinajstić information content (AvgIpc) is 3.23. The van der Waals surface area contributed by atoms with Crippen molar-refractivity contribution in [3.8, 4) is 33.8 Å². The molecule has 0 fully saturated rings. The van der Waals surface area contributed by atoms with Gasteiger partial charge in [-0.25, -0.2) is 9.97 Å². The highest BCUT2D eigenvalue weighted by molar-refractivity contribution is 6.30. The van der Waals surface area contributed by atoms with E-state index in [-0.39, 0.29) is 0 Å². The molecule has 11 rings (SSSR count). The molecule has 0 amide bonds. The van der Waals surface area contributed by atoms with Gasteiger partial charge < -0.3 is 0 Å². The summed E-state index contributed by atoms with van der Waals surface area (Å²) >= 11 is 0. The molecule has 0 saturated carbocycles. The van der Waals surface area contributed by atoms with Gasteiger partial charge in [0.15, 0.2) is 5.82 Å². The number of aromatic nitrogens is 2. The van der Waals surface area contributed by atoms with Crippen LogP contribution in [0.5, 0.6) is 0 Å². The maximum Gasteiger partial charge on any atom is 0.160 e. The van der Waals surface area contributed by atoms with Crippen LogP contribution in [0.1, 0.15) is 0 Å². The van der Waals surface area contributed by atoms with Crippen molar-refractivity contribution in [2.45, 2.75) is 0 Å². The van der Waals surface area contributed by atoms with Crippen LogP contribution in [0.2, 0.25) is 0 Å². The zero-order chi connectivity index (χ0) is 34.2. The van der Waals surface area contributed by atoms with Crippen molar-refractivity contribution in [3.05, 3.63) is 182 Å². The van der Waals surface area contributed by atoms with Crippen LogP contribution in [0.15, 0.2) is 182 Å². The summed E-state index contributed by atoms with van der Waals surface area (Å²) in [6.45, 7) is 0. The Morgan fingerprint density at radius 3 is 1.37 bits per heavy atom. The van der Waals surface area contributed by atoms with E-state index in [0.717, 1.165) is 33.5 Å². The highest BCUT2D eigenvalue weighted by Gasteiger charge is 2.19. The highest BCUT2D eigenvalue weighted by Crippen LogP contribution is 2.44. The molecule has 11 aromatic rings. The maximum absolute atomic E-state index is 5.34. The Kier molecular flexibility index (Phi) is 6.28. The van der Waals surface area contributed by atoms with Crippen LogP contribution in [0.3, 0.4) is 0 Å². The van der Waals surface area contributed by atoms with Crippen LogP contribution in [0, 0.1) is 0 Å². The minimum absolute atomic E-state index is 0.718. The summed E-state index contributed by atoms with van der Waals surface area (Å²) in [5.74, 6) is 0.718. The molecule has 1 aromatic heterocycles. The molecule has 0 radical (unpaired) electrons. The van der Waals surface area contributed by atoms with Crippen LogP contribution in [0.4, 0.5) is 0 Å². The molecule has 0 bridgehead atoms. The first-order valence-corrected chi connectivity index (χ1v) is 17.8. The van der Waals surface area contributed by atoms with Crippen LogP contribution in [-0.2, 0) is 0 Å². The molecule has 0 aliphatic heterocycles. The molecule has 2 heteroatoms. The van der Waals surface area contributed by atoms with E-state index in [1.54, 1.807) is 0 Å². The number of hydrogen-bond donors (Lipinski definition) is 0. The van der Waals surface area contributed by atoms with Crippen LogP contribution in [0.25, 0.3) is 109 Å². The van der Waals surface area contributed by atoms with Gasteiger partial charge in [-0.1, -0.05) is 158 Å². The Morgan fingerprint density at radius 2 is 0.731 bits per heavy atom. The average molecular weight is 659 g/mol. The number of rotatable bonds is 3. The normalized spacial score (nSPS) is 11.8. The zero-order valence-electron chi connectivity index (χ0n) is 28.2. The smallest absolute Gasteiger partial charge is 0.160 e. The Balaban J connectivity index is 1.28. The van der Waals surface area contributed by atoms with Crippen LogP contribution in [-0.4, -0.2) is 9.97 Å². The number of benzene rings is 10. The molecule has 0 atom stereocenters. The van der Waals surface area contributed by atoms with E-state index in [2.05, 4.69) is 182 Å². The van der Waals surface area contributed by atoms with E-state index in [0.29, 0.717) is 0 Å². The SMILES string of the molecule is c1ccc(-c2nc(-c3cc(-c4ccc5c6ccccc6c6ccccc6c5c4)c4c5ccccc5c5ccccc5c4c3)nc3ccccc23)cc1. The molecule has 52 heavy (non-hydrogen) atoms. The molecule has 0 saturated heterocycles. The Labute approximate surface area is 300 Å². The molecule has 0 spiro atoms. The third-order valence-corrected chi connectivity index (χ3v) is 10.8. The number of para-hydroxylation sites is 1. The molecule has 0 unspecified atom stereocenters. The van der Waals surface area contributed by atoms with Gasteiger partial charge in [0.1, 0.15) is 0 Å². The van der Waals surface area contributed by atoms with E-state index in [1.165, 1.54) is 75.8 Å². The minimum Gasteiger partial charge on any atom is -0.228 e. The van der Waals surface area contributed by atoms with Gasteiger partial charge in [-0.2, -0.15) is 0 Å². The summed E-state index contributed by atoms with van der Waals surface area (Å²) in [6.07, 6.45) is 0. The topological polar surface area (TPSA) is 25.8 Å². The summed E-state index contributed by atoms with van der Waals surface area (Å²) in [4.78, 5) is 10.6. The van der Waals surface area contributed by atoms with Crippen molar-refractivity contribution < 1.29 is 0 Å². The lowest BCUT2D eigenvalue weighted by molar-refractivity contribution is 1.23. The van der Waals surface area contributed by atoms with E-state index in [9.17, 15) is 0 Å². The van der Waals surface area contributed by atoms with Crippen molar-refractivity contribution in [2.75, 3.05) is 0 Å². The molecule has 240 valence electrons. The first kappa shape index (κ1) is 28.9. The van der Waals surface area contributed by atoms with Crippen LogP contribution >= 0.6 is 0 Å². The van der Waals surface area contributed by atoms with Crippen molar-refractivity contribution in [3.63, 3.8) is 0 Å². The van der Waals surface area contributed by atoms with E-state index >= 15 is 0 Å². The van der Waals surface area contributed by atoms with E-state index in [1.807, 2.05) is 0 Å². The summed E-state index contributed by atoms with van der Waals surface area (Å²) in [7, 11) is 0. The van der Waals surface area contributed by atoms with Gasteiger partial charge in [-0.15, -0.1) is 0 Å². The largest absolute Gasteiger partial charge is 0.228 e. The predicted molar refractivity (Wildman–Crippen MR) is 221 cm³/mol. The Morgan fingerprint density at radius 1 is 0.269 bits per heavy atom. The van der Waals surface area contributed by atoms with Gasteiger partial charge in [-0.05, 0) is 100 Å². The van der Waals surface area contributed by atoms with Crippen molar-refractivity contribution in [1.82, 2.24) is 9.97 Å². The van der Waals surface area contributed by atoms with Gasteiger partial charge in [0.05, 0.1) is 11.2 Å². The van der Waals surface area contributed by atoms with Gasteiger partial charge in [-0.3, -0.25) is 0 Å². The van der Waals surface area contributed by atoms with E-state index < -0.39 is 0 Å². The van der Waals surface area contributed by atoms with Crippen molar-refractivity contribution in [1.29, 1.82) is 0 Å². The second kappa shape index (κ2) is 11.3. The summed E-state index contributed by atoms with van der Waals surface area (Å²) in [5.41, 5.74) is 6.29. The fourth-order valence-electron chi connectivity index (χ4n) is 8.49. The number of fused-ring (bicyclic) bond motifs is 13. The molecule has 1 heterocycles. The Bertz CT molecular complexity index is 3200. The zero-order valence-corrected chi connectivity index (χ0v) is 28.2. The lowest BCUT2D eigenvalue weighted by Gasteiger charge is -2.18. The number of hydrogen-bond acceptors (Lipinski definition) is 2. The standard InChI is InChI=1S/C50H30N2/c1-2-14-31(15-3-1)49-43-24-12-13-25-47(43)51-50(52-49)33-29-44(48-42-23-11-10-20-38(42)37-19-7-9-22-40(37)46(48)30-33)32-26-27-41-36-18-5-4-16-34(36)35-17-6-8-21-39(35)45(41)28-32/h1-30H. The summed E-state index contributed by atoms with van der Waals surface area (Å²) < 4.78 is 0. The van der Waals surface area contributed by atoms with Gasteiger partial charge >= 0.3 is 0 Å². The van der Waals surface area contributed by atoms with E-state index in [4.69, 9.17) is 9.97 Å². The second-order valence-electron chi connectivity index (χ2n) is 13.7. The van der Waals surface area contributed by atoms with Gasteiger partial charge in [0.25, 0.3) is 0 Å². The lowest BCUT2D eigenvalue weighted by Crippen LogP contribution is -1.96. The number of nitrogens with zero attached hydrogens (tertiary/aromatic N) is 2. The summed E-state index contributed by atoms with van der Waals surface area (Å²) in [5, 5.41) is 16.1. The van der Waals surface area contributed by atoms with Gasteiger partial charge in [0.2, 0.25) is 0 Å². The molecule has 2 nitrogen and oxygen atoms in total. The summed E-state index contributed by atoms with van der Waals surface area (Å²) in [6, 6.07) is 65.7. The van der Waals surface area contributed by atoms with Crippen LogP contribution < -0.4 is 0 Å². The Hall–Kier alpha value is -6.90. The highest BCUT2D eigenvalue weighted by atomic mass is 14.9. The van der Waals surface area contributed by atoms with Crippen molar-refractivity contribution in [2.24, 2.45) is 0 Å². The maximum atomic E-state index is 5.34. The quantitative estimate of drug-likeness (QED) is 0.177. The fourth-order valence-corrected chi connectivity index (χ4v) is 8.49. The van der Waals surface area contributed by atoms with Crippen molar-refractivity contribution >= 4 is 75.5 Å². The minimum atomic E-state index is 0.718. The third kappa shape index (κ3) is 4.31. The monoisotopic (exact) mass is 658 g/mol. The second-order valence-corrected chi connectivity index (χ2v) is 13.7. The lowest BCUT2D eigenvalue weighted by atomic mass is 9.86. The molecular formula is C50H30N2.